The number of rotatable bonds is 5. The highest BCUT2D eigenvalue weighted by atomic mass is 32.1. The lowest BCUT2D eigenvalue weighted by Gasteiger charge is -2.14. The minimum absolute atomic E-state index is 0.0901. The van der Waals surface area contributed by atoms with Crippen LogP contribution < -0.4 is 11.1 Å². The quantitative estimate of drug-likeness (QED) is 0.843. The summed E-state index contributed by atoms with van der Waals surface area (Å²) in [6.07, 6.45) is 0.357. The van der Waals surface area contributed by atoms with Gasteiger partial charge in [0.05, 0.1) is 10.7 Å². The van der Waals surface area contributed by atoms with Crippen LogP contribution in [-0.4, -0.2) is 16.9 Å². The Balaban J connectivity index is 2.48. The molecule has 0 aliphatic carbocycles. The van der Waals surface area contributed by atoms with Crippen LogP contribution in [-0.2, 0) is 16.8 Å². The second-order valence-corrected chi connectivity index (χ2v) is 6.20. The Morgan fingerprint density at radius 2 is 2.24 bits per heavy atom. The van der Waals surface area contributed by atoms with Gasteiger partial charge in [0.1, 0.15) is 0 Å². The van der Waals surface area contributed by atoms with Gasteiger partial charge in [0.15, 0.2) is 0 Å². The molecule has 0 saturated carbocycles. The van der Waals surface area contributed by atoms with E-state index in [9.17, 15) is 4.79 Å². The van der Waals surface area contributed by atoms with Crippen molar-refractivity contribution in [2.45, 2.75) is 52.1 Å². The van der Waals surface area contributed by atoms with E-state index in [2.05, 4.69) is 36.5 Å². The van der Waals surface area contributed by atoms with Gasteiger partial charge in [-0.05, 0) is 6.92 Å². The molecule has 1 aromatic rings. The van der Waals surface area contributed by atoms with Crippen molar-refractivity contribution in [3.63, 3.8) is 0 Å². The molecule has 1 atom stereocenters. The van der Waals surface area contributed by atoms with E-state index in [1.165, 1.54) is 0 Å². The number of primary amides is 1. The highest BCUT2D eigenvalue weighted by Crippen LogP contribution is 2.25. The molecule has 1 unspecified atom stereocenters. The Morgan fingerprint density at radius 1 is 1.59 bits per heavy atom. The third kappa shape index (κ3) is 4.83. The standard InChI is InChI=1S/C12H21N3OS/c1-8(5-10(13)16)14-6-9-7-17-11(15-9)12(2,3)4/h7-8,14H,5-6H2,1-4H3,(H2,13,16). The summed E-state index contributed by atoms with van der Waals surface area (Å²) in [6, 6.07) is 0.0901. The molecule has 5 heteroatoms. The molecule has 0 aliphatic rings. The first-order chi connectivity index (χ1) is 7.79. The molecule has 1 amide bonds. The fourth-order valence-corrected chi connectivity index (χ4v) is 2.29. The highest BCUT2D eigenvalue weighted by Gasteiger charge is 2.18. The van der Waals surface area contributed by atoms with Crippen molar-refractivity contribution in [2.24, 2.45) is 5.73 Å². The van der Waals surface area contributed by atoms with Gasteiger partial charge in [0.2, 0.25) is 5.91 Å². The van der Waals surface area contributed by atoms with Crippen molar-refractivity contribution in [1.29, 1.82) is 0 Å². The SMILES string of the molecule is CC(CC(N)=O)NCc1csc(C(C)(C)C)n1. The Morgan fingerprint density at radius 3 is 2.71 bits per heavy atom. The van der Waals surface area contributed by atoms with Gasteiger partial charge in [-0.1, -0.05) is 20.8 Å². The summed E-state index contributed by atoms with van der Waals surface area (Å²) in [5.74, 6) is -0.279. The van der Waals surface area contributed by atoms with Gasteiger partial charge in [-0.3, -0.25) is 4.79 Å². The van der Waals surface area contributed by atoms with E-state index in [1.807, 2.05) is 6.92 Å². The Labute approximate surface area is 107 Å². The predicted molar refractivity (Wildman–Crippen MR) is 70.9 cm³/mol. The van der Waals surface area contributed by atoms with Gasteiger partial charge in [-0.2, -0.15) is 0 Å². The summed E-state index contributed by atoms with van der Waals surface area (Å²) in [5.41, 5.74) is 6.25. The van der Waals surface area contributed by atoms with Crippen molar-refractivity contribution in [3.8, 4) is 0 Å². The minimum Gasteiger partial charge on any atom is -0.370 e. The summed E-state index contributed by atoms with van der Waals surface area (Å²) in [5, 5.41) is 6.43. The zero-order valence-electron chi connectivity index (χ0n) is 10.9. The summed E-state index contributed by atoms with van der Waals surface area (Å²) >= 11 is 1.68. The molecular weight excluding hydrogens is 234 g/mol. The second-order valence-electron chi connectivity index (χ2n) is 5.35. The fourth-order valence-electron chi connectivity index (χ4n) is 1.39. The smallest absolute Gasteiger partial charge is 0.218 e. The number of hydrogen-bond acceptors (Lipinski definition) is 4. The van der Waals surface area contributed by atoms with Crippen LogP contribution in [0.1, 0.15) is 44.8 Å². The van der Waals surface area contributed by atoms with Gasteiger partial charge < -0.3 is 11.1 Å². The topological polar surface area (TPSA) is 68.0 Å². The van der Waals surface area contributed by atoms with Crippen molar-refractivity contribution in [3.05, 3.63) is 16.1 Å². The number of nitrogens with one attached hydrogen (secondary N) is 1. The van der Waals surface area contributed by atoms with E-state index in [1.54, 1.807) is 11.3 Å². The number of thiazole rings is 1. The highest BCUT2D eigenvalue weighted by molar-refractivity contribution is 7.09. The lowest BCUT2D eigenvalue weighted by molar-refractivity contribution is -0.118. The zero-order chi connectivity index (χ0) is 13.1. The summed E-state index contributed by atoms with van der Waals surface area (Å²) in [4.78, 5) is 15.3. The molecule has 0 aromatic carbocycles. The fraction of sp³-hybridized carbons (Fsp3) is 0.667. The van der Waals surface area contributed by atoms with E-state index in [-0.39, 0.29) is 17.4 Å². The molecule has 3 N–H and O–H groups in total. The maximum Gasteiger partial charge on any atom is 0.218 e. The number of aromatic nitrogens is 1. The Hall–Kier alpha value is -0.940. The molecule has 0 fully saturated rings. The number of nitrogens with two attached hydrogens (primary N) is 1. The molecule has 1 rings (SSSR count). The van der Waals surface area contributed by atoms with Crippen molar-refractivity contribution >= 4 is 17.2 Å². The van der Waals surface area contributed by atoms with Gasteiger partial charge in [-0.25, -0.2) is 4.98 Å². The first-order valence-corrected chi connectivity index (χ1v) is 6.63. The van der Waals surface area contributed by atoms with E-state index in [0.29, 0.717) is 13.0 Å². The van der Waals surface area contributed by atoms with E-state index >= 15 is 0 Å². The Kier molecular flexibility index (Phi) is 4.65. The van der Waals surface area contributed by atoms with Crippen LogP contribution in [0.15, 0.2) is 5.38 Å². The monoisotopic (exact) mass is 255 g/mol. The third-order valence-electron chi connectivity index (χ3n) is 2.33. The maximum atomic E-state index is 10.7. The molecule has 0 saturated heterocycles. The first-order valence-electron chi connectivity index (χ1n) is 5.75. The minimum atomic E-state index is -0.279. The zero-order valence-corrected chi connectivity index (χ0v) is 11.7. The Bertz CT molecular complexity index is 381. The molecule has 0 bridgehead atoms. The summed E-state index contributed by atoms with van der Waals surface area (Å²) in [7, 11) is 0. The molecule has 0 aliphatic heterocycles. The van der Waals surface area contributed by atoms with E-state index in [4.69, 9.17) is 5.73 Å². The van der Waals surface area contributed by atoms with Crippen molar-refractivity contribution in [2.75, 3.05) is 0 Å². The number of hydrogen-bond donors (Lipinski definition) is 2. The van der Waals surface area contributed by atoms with Crippen LogP contribution in [0.2, 0.25) is 0 Å². The van der Waals surface area contributed by atoms with Gasteiger partial charge in [0, 0.05) is 29.8 Å². The second kappa shape index (κ2) is 5.60. The van der Waals surface area contributed by atoms with Crippen molar-refractivity contribution in [1.82, 2.24) is 10.3 Å². The van der Waals surface area contributed by atoms with Crippen LogP contribution in [0.25, 0.3) is 0 Å². The normalized spacial score (nSPS) is 13.6. The number of amides is 1. The molecule has 0 spiro atoms. The molecule has 4 nitrogen and oxygen atoms in total. The van der Waals surface area contributed by atoms with E-state index < -0.39 is 0 Å². The average Bonchev–Trinajstić information content (AvgIpc) is 2.61. The molecule has 1 aromatic heterocycles. The van der Waals surface area contributed by atoms with E-state index in [0.717, 1.165) is 10.7 Å². The van der Waals surface area contributed by atoms with Gasteiger partial charge >= 0.3 is 0 Å². The first kappa shape index (κ1) is 14.1. The lowest BCUT2D eigenvalue weighted by atomic mass is 9.98. The number of carbonyl (C=O) groups is 1. The van der Waals surface area contributed by atoms with Crippen LogP contribution in [0, 0.1) is 0 Å². The van der Waals surface area contributed by atoms with Crippen molar-refractivity contribution < 1.29 is 4.79 Å². The number of nitrogens with zero attached hydrogens (tertiary/aromatic N) is 1. The summed E-state index contributed by atoms with van der Waals surface area (Å²) < 4.78 is 0. The molecular formula is C12H21N3OS. The molecule has 1 heterocycles. The van der Waals surface area contributed by atoms with Crippen LogP contribution >= 0.6 is 11.3 Å². The summed E-state index contributed by atoms with van der Waals surface area (Å²) in [6.45, 7) is 9.08. The molecule has 17 heavy (non-hydrogen) atoms. The van der Waals surface area contributed by atoms with Gasteiger partial charge in [-0.15, -0.1) is 11.3 Å². The predicted octanol–water partition coefficient (Wildman–Crippen LogP) is 1.79. The lowest BCUT2D eigenvalue weighted by Crippen LogP contribution is -2.30. The van der Waals surface area contributed by atoms with Crippen LogP contribution in [0.4, 0.5) is 0 Å². The largest absolute Gasteiger partial charge is 0.370 e. The van der Waals surface area contributed by atoms with Crippen LogP contribution in [0.3, 0.4) is 0 Å². The average molecular weight is 255 g/mol. The van der Waals surface area contributed by atoms with Crippen LogP contribution in [0.5, 0.6) is 0 Å². The van der Waals surface area contributed by atoms with Gasteiger partial charge in [0.25, 0.3) is 0 Å². The molecule has 96 valence electrons. The number of carbonyl (C=O) groups excluding carboxylic acids is 1. The third-order valence-corrected chi connectivity index (χ3v) is 3.65. The molecule has 0 radical (unpaired) electrons. The maximum absolute atomic E-state index is 10.7.